The van der Waals surface area contributed by atoms with E-state index >= 15 is 0 Å². The van der Waals surface area contributed by atoms with Gasteiger partial charge in [-0.15, -0.1) is 11.6 Å². The highest BCUT2D eigenvalue weighted by atomic mass is 35.5. The number of rotatable bonds is 3. The SMILES string of the molecule is CC(C)c1ccc(C(=O)N2CC(CCl)OC(C)(C)C2)cc1. The average Bonchev–Trinajstić information content (AvgIpc) is 2.44. The lowest BCUT2D eigenvalue weighted by Crippen LogP contribution is -2.55. The fourth-order valence-corrected chi connectivity index (χ4v) is 2.88. The molecular weight excluding hydrogens is 286 g/mol. The molecule has 116 valence electrons. The summed E-state index contributed by atoms with van der Waals surface area (Å²) in [6, 6.07) is 7.89. The highest BCUT2D eigenvalue weighted by Crippen LogP contribution is 2.24. The summed E-state index contributed by atoms with van der Waals surface area (Å²) >= 11 is 5.92. The molecule has 21 heavy (non-hydrogen) atoms. The summed E-state index contributed by atoms with van der Waals surface area (Å²) in [4.78, 5) is 14.5. The van der Waals surface area contributed by atoms with Crippen LogP contribution in [0.2, 0.25) is 0 Å². The van der Waals surface area contributed by atoms with Crippen LogP contribution in [-0.2, 0) is 4.74 Å². The first-order chi connectivity index (χ1) is 9.82. The number of halogens is 1. The third-order valence-electron chi connectivity index (χ3n) is 3.76. The Bertz CT molecular complexity index is 496. The number of benzene rings is 1. The van der Waals surface area contributed by atoms with E-state index in [2.05, 4.69) is 13.8 Å². The van der Waals surface area contributed by atoms with Crippen molar-refractivity contribution in [1.29, 1.82) is 0 Å². The number of nitrogens with zero attached hydrogens (tertiary/aromatic N) is 1. The number of hydrogen-bond acceptors (Lipinski definition) is 2. The first-order valence-corrected chi connectivity index (χ1v) is 7.99. The Hall–Kier alpha value is -1.06. The normalized spacial score (nSPS) is 21.6. The monoisotopic (exact) mass is 309 g/mol. The summed E-state index contributed by atoms with van der Waals surface area (Å²) in [5.74, 6) is 0.924. The fourth-order valence-electron chi connectivity index (χ4n) is 2.72. The lowest BCUT2D eigenvalue weighted by Gasteiger charge is -2.42. The Morgan fingerprint density at radius 3 is 2.52 bits per heavy atom. The van der Waals surface area contributed by atoms with Gasteiger partial charge in [0.15, 0.2) is 0 Å². The lowest BCUT2D eigenvalue weighted by atomic mass is 10.0. The van der Waals surface area contributed by atoms with E-state index in [4.69, 9.17) is 16.3 Å². The Morgan fingerprint density at radius 2 is 2.00 bits per heavy atom. The zero-order valence-electron chi connectivity index (χ0n) is 13.2. The maximum absolute atomic E-state index is 12.7. The largest absolute Gasteiger partial charge is 0.367 e. The smallest absolute Gasteiger partial charge is 0.254 e. The van der Waals surface area contributed by atoms with Crippen molar-refractivity contribution in [3.63, 3.8) is 0 Å². The molecule has 1 unspecified atom stereocenters. The predicted molar refractivity (Wildman–Crippen MR) is 86.1 cm³/mol. The Morgan fingerprint density at radius 1 is 1.38 bits per heavy atom. The van der Waals surface area contributed by atoms with Crippen LogP contribution in [0.4, 0.5) is 0 Å². The maximum atomic E-state index is 12.7. The molecule has 1 aromatic rings. The quantitative estimate of drug-likeness (QED) is 0.797. The van der Waals surface area contributed by atoms with Crippen LogP contribution < -0.4 is 0 Å². The van der Waals surface area contributed by atoms with Gasteiger partial charge in [0.05, 0.1) is 17.6 Å². The molecule has 0 saturated carbocycles. The molecule has 1 heterocycles. The topological polar surface area (TPSA) is 29.5 Å². The predicted octanol–water partition coefficient (Wildman–Crippen LogP) is 3.67. The van der Waals surface area contributed by atoms with Crippen molar-refractivity contribution in [3.05, 3.63) is 35.4 Å². The molecule has 1 fully saturated rings. The van der Waals surface area contributed by atoms with Crippen molar-refractivity contribution in [2.45, 2.75) is 45.3 Å². The average molecular weight is 310 g/mol. The molecule has 0 spiro atoms. The number of hydrogen-bond donors (Lipinski definition) is 0. The van der Waals surface area contributed by atoms with Gasteiger partial charge in [-0.25, -0.2) is 0 Å². The van der Waals surface area contributed by atoms with E-state index in [9.17, 15) is 4.79 Å². The van der Waals surface area contributed by atoms with Crippen LogP contribution in [0.15, 0.2) is 24.3 Å². The third-order valence-corrected chi connectivity index (χ3v) is 4.11. The molecular formula is C17H24ClNO2. The number of alkyl halides is 1. The molecule has 0 bridgehead atoms. The molecule has 1 aliphatic heterocycles. The standard InChI is InChI=1S/C17H24ClNO2/c1-12(2)13-5-7-14(8-6-13)16(20)19-10-15(9-18)21-17(3,4)11-19/h5-8,12,15H,9-11H2,1-4H3. The van der Waals surface area contributed by atoms with Crippen molar-refractivity contribution >= 4 is 17.5 Å². The molecule has 1 aliphatic rings. The third kappa shape index (κ3) is 3.98. The van der Waals surface area contributed by atoms with Crippen LogP contribution in [0, 0.1) is 0 Å². The summed E-state index contributed by atoms with van der Waals surface area (Å²) in [5, 5.41) is 0. The second kappa shape index (κ2) is 6.37. The number of carbonyl (C=O) groups is 1. The second-order valence-electron chi connectivity index (χ2n) is 6.62. The van der Waals surface area contributed by atoms with Gasteiger partial charge >= 0.3 is 0 Å². The highest BCUT2D eigenvalue weighted by Gasteiger charge is 2.35. The van der Waals surface area contributed by atoms with E-state index < -0.39 is 0 Å². The number of carbonyl (C=O) groups excluding carboxylic acids is 1. The van der Waals surface area contributed by atoms with E-state index in [1.54, 1.807) is 0 Å². The van der Waals surface area contributed by atoms with Gasteiger partial charge < -0.3 is 9.64 Å². The van der Waals surface area contributed by atoms with Gasteiger partial charge in [0.2, 0.25) is 0 Å². The van der Waals surface area contributed by atoms with E-state index in [0.717, 1.165) is 5.56 Å². The molecule has 0 aromatic heterocycles. The molecule has 1 aromatic carbocycles. The minimum Gasteiger partial charge on any atom is -0.367 e. The van der Waals surface area contributed by atoms with Gasteiger partial charge in [0.1, 0.15) is 0 Å². The van der Waals surface area contributed by atoms with Crippen LogP contribution in [0.3, 0.4) is 0 Å². The van der Waals surface area contributed by atoms with Crippen molar-refractivity contribution in [2.24, 2.45) is 0 Å². The van der Waals surface area contributed by atoms with Gasteiger partial charge in [0.25, 0.3) is 5.91 Å². The zero-order valence-corrected chi connectivity index (χ0v) is 14.0. The van der Waals surface area contributed by atoms with E-state index in [-0.39, 0.29) is 17.6 Å². The first kappa shape index (κ1) is 16.3. The molecule has 0 aliphatic carbocycles. The van der Waals surface area contributed by atoms with Gasteiger partial charge in [-0.3, -0.25) is 4.79 Å². The lowest BCUT2D eigenvalue weighted by molar-refractivity contribution is -0.117. The summed E-state index contributed by atoms with van der Waals surface area (Å²) < 4.78 is 5.86. The molecule has 3 nitrogen and oxygen atoms in total. The molecule has 1 saturated heterocycles. The van der Waals surface area contributed by atoms with E-state index in [1.165, 1.54) is 5.56 Å². The summed E-state index contributed by atoms with van der Waals surface area (Å²) in [7, 11) is 0. The van der Waals surface area contributed by atoms with Crippen molar-refractivity contribution in [2.75, 3.05) is 19.0 Å². The van der Waals surface area contributed by atoms with E-state index in [0.29, 0.717) is 24.9 Å². The van der Waals surface area contributed by atoms with Crippen LogP contribution in [-0.4, -0.2) is 41.5 Å². The summed E-state index contributed by atoms with van der Waals surface area (Å²) in [6.07, 6.45) is -0.102. The number of ether oxygens (including phenoxy) is 1. The minimum absolute atomic E-state index is 0.0526. The molecule has 0 radical (unpaired) electrons. The Balaban J connectivity index is 2.14. The van der Waals surface area contributed by atoms with Crippen molar-refractivity contribution in [1.82, 2.24) is 4.90 Å². The van der Waals surface area contributed by atoms with Crippen LogP contribution in [0.25, 0.3) is 0 Å². The molecule has 4 heteroatoms. The Kier molecular flexibility index (Phi) is 4.95. The van der Waals surface area contributed by atoms with Gasteiger partial charge in [-0.2, -0.15) is 0 Å². The van der Waals surface area contributed by atoms with Crippen LogP contribution in [0.1, 0.15) is 49.5 Å². The van der Waals surface area contributed by atoms with Crippen LogP contribution in [0.5, 0.6) is 0 Å². The van der Waals surface area contributed by atoms with Crippen molar-refractivity contribution < 1.29 is 9.53 Å². The molecule has 1 amide bonds. The number of morpholine rings is 1. The molecule has 0 N–H and O–H groups in total. The van der Waals surface area contributed by atoms with Gasteiger partial charge in [-0.05, 0) is 37.5 Å². The molecule has 2 rings (SSSR count). The van der Waals surface area contributed by atoms with Gasteiger partial charge in [-0.1, -0.05) is 26.0 Å². The highest BCUT2D eigenvalue weighted by molar-refractivity contribution is 6.18. The fraction of sp³-hybridized carbons (Fsp3) is 0.588. The van der Waals surface area contributed by atoms with E-state index in [1.807, 2.05) is 43.0 Å². The van der Waals surface area contributed by atoms with Crippen LogP contribution >= 0.6 is 11.6 Å². The minimum atomic E-state index is -0.356. The summed E-state index contributed by atoms with van der Waals surface area (Å²) in [5.41, 5.74) is 1.61. The van der Waals surface area contributed by atoms with Crippen molar-refractivity contribution in [3.8, 4) is 0 Å². The van der Waals surface area contributed by atoms with Gasteiger partial charge in [0, 0.05) is 18.7 Å². The molecule has 1 atom stereocenters. The zero-order chi connectivity index (χ0) is 15.6. The number of amides is 1. The summed E-state index contributed by atoms with van der Waals surface area (Å²) in [6.45, 7) is 9.42. The Labute approximate surface area is 132 Å². The maximum Gasteiger partial charge on any atom is 0.254 e. The second-order valence-corrected chi connectivity index (χ2v) is 6.92. The first-order valence-electron chi connectivity index (χ1n) is 7.45.